The van der Waals surface area contributed by atoms with Crippen molar-refractivity contribution in [2.24, 2.45) is 0 Å². The summed E-state index contributed by atoms with van der Waals surface area (Å²) in [6, 6.07) is 6.99. The van der Waals surface area contributed by atoms with Crippen LogP contribution in [0, 0.1) is 0 Å². The van der Waals surface area contributed by atoms with Crippen LogP contribution in [0.15, 0.2) is 41.1 Å². The van der Waals surface area contributed by atoms with Gasteiger partial charge >= 0.3 is 0 Å². The fourth-order valence-electron chi connectivity index (χ4n) is 1.48. The van der Waals surface area contributed by atoms with Gasteiger partial charge in [-0.15, -0.1) is 10.2 Å². The number of nitrogens with zero attached hydrogens (tertiary/aromatic N) is 4. The maximum Gasteiger partial charge on any atom is 0.268 e. The fraction of sp³-hybridized carbons (Fsp3) is 0. The van der Waals surface area contributed by atoms with Gasteiger partial charge in [0.2, 0.25) is 0 Å². The summed E-state index contributed by atoms with van der Waals surface area (Å²) in [7, 11) is 0. The van der Waals surface area contributed by atoms with Gasteiger partial charge in [-0.2, -0.15) is 0 Å². The molecule has 0 bridgehead atoms. The standard InChI is InChI=1S/C12H6Cl2N4O.Cu/c13-7-4-6-16-10(9(7)14)12-18-17-11(19-12)8-3-1-2-5-15-8;/h1-6H;. The van der Waals surface area contributed by atoms with E-state index in [1.807, 2.05) is 6.07 Å². The Kier molecular flexibility index (Phi) is 4.73. The second kappa shape index (κ2) is 6.33. The molecular weight excluding hydrogens is 351 g/mol. The number of pyridine rings is 2. The molecule has 0 unspecified atom stereocenters. The van der Waals surface area contributed by atoms with Crippen LogP contribution in [0.2, 0.25) is 10.0 Å². The predicted molar refractivity (Wildman–Crippen MR) is 70.8 cm³/mol. The Morgan fingerprint density at radius 2 is 1.70 bits per heavy atom. The van der Waals surface area contributed by atoms with Gasteiger partial charge in [-0.3, -0.25) is 4.98 Å². The maximum absolute atomic E-state index is 6.05. The Balaban J connectivity index is 0.00000147. The Bertz CT molecular complexity index is 720. The molecule has 0 spiro atoms. The largest absolute Gasteiger partial charge is 0.413 e. The third kappa shape index (κ3) is 2.83. The quantitative estimate of drug-likeness (QED) is 0.658. The van der Waals surface area contributed by atoms with Crippen molar-refractivity contribution in [2.45, 2.75) is 0 Å². The molecule has 0 aliphatic carbocycles. The minimum Gasteiger partial charge on any atom is -0.413 e. The molecule has 8 heteroatoms. The van der Waals surface area contributed by atoms with Crippen LogP contribution < -0.4 is 0 Å². The molecular formula is C12H6Cl2CuN4O. The number of hydrogen-bond donors (Lipinski definition) is 0. The number of halogens is 2. The van der Waals surface area contributed by atoms with Gasteiger partial charge in [0.25, 0.3) is 11.8 Å². The van der Waals surface area contributed by atoms with E-state index in [4.69, 9.17) is 27.6 Å². The minimum atomic E-state index is 0. The molecule has 0 amide bonds. The summed E-state index contributed by atoms with van der Waals surface area (Å²) in [5, 5.41) is 8.47. The molecule has 0 aliphatic heterocycles. The molecule has 3 aromatic rings. The first-order valence-corrected chi connectivity index (χ1v) is 6.06. The zero-order valence-electron chi connectivity index (χ0n) is 9.72. The molecule has 5 nitrogen and oxygen atoms in total. The molecule has 0 fully saturated rings. The van der Waals surface area contributed by atoms with Crippen molar-refractivity contribution in [3.63, 3.8) is 0 Å². The summed E-state index contributed by atoms with van der Waals surface area (Å²) in [5.74, 6) is 0.501. The van der Waals surface area contributed by atoms with Gasteiger partial charge in [-0.25, -0.2) is 4.98 Å². The smallest absolute Gasteiger partial charge is 0.268 e. The number of rotatable bonds is 2. The van der Waals surface area contributed by atoms with E-state index in [0.29, 0.717) is 22.3 Å². The molecule has 0 saturated carbocycles. The summed E-state index contributed by atoms with van der Waals surface area (Å²) in [4.78, 5) is 8.20. The van der Waals surface area contributed by atoms with Crippen molar-refractivity contribution in [3.05, 3.63) is 46.7 Å². The van der Waals surface area contributed by atoms with Crippen molar-refractivity contribution in [3.8, 4) is 23.2 Å². The third-order valence-corrected chi connectivity index (χ3v) is 3.15. The van der Waals surface area contributed by atoms with Crippen molar-refractivity contribution < 1.29 is 21.5 Å². The zero-order chi connectivity index (χ0) is 13.2. The molecule has 1 radical (unpaired) electrons. The summed E-state index contributed by atoms with van der Waals surface area (Å²) in [6.45, 7) is 0. The predicted octanol–water partition coefficient (Wildman–Crippen LogP) is 3.50. The first-order chi connectivity index (χ1) is 9.25. The van der Waals surface area contributed by atoms with Crippen molar-refractivity contribution >= 4 is 23.2 Å². The molecule has 20 heavy (non-hydrogen) atoms. The Morgan fingerprint density at radius 1 is 0.900 bits per heavy atom. The maximum atomic E-state index is 6.05. The van der Waals surface area contributed by atoms with Crippen LogP contribution in [-0.2, 0) is 17.1 Å². The molecule has 3 heterocycles. The Morgan fingerprint density at radius 3 is 2.45 bits per heavy atom. The monoisotopic (exact) mass is 355 g/mol. The van der Waals surface area contributed by atoms with E-state index in [9.17, 15) is 0 Å². The van der Waals surface area contributed by atoms with E-state index in [2.05, 4.69) is 20.2 Å². The van der Waals surface area contributed by atoms with Crippen LogP contribution in [0.4, 0.5) is 0 Å². The molecule has 3 aromatic heterocycles. The van der Waals surface area contributed by atoms with Gasteiger partial charge in [-0.1, -0.05) is 29.3 Å². The average Bonchev–Trinajstić information content (AvgIpc) is 2.92. The van der Waals surface area contributed by atoms with Crippen molar-refractivity contribution in [2.75, 3.05) is 0 Å². The van der Waals surface area contributed by atoms with Crippen LogP contribution in [-0.4, -0.2) is 20.2 Å². The van der Waals surface area contributed by atoms with E-state index in [0.717, 1.165) is 0 Å². The molecule has 105 valence electrons. The molecule has 0 aromatic carbocycles. The van der Waals surface area contributed by atoms with Gasteiger partial charge in [0.1, 0.15) is 11.4 Å². The second-order valence-electron chi connectivity index (χ2n) is 3.58. The first kappa shape index (κ1) is 14.9. The van der Waals surface area contributed by atoms with Gasteiger partial charge in [0, 0.05) is 29.5 Å². The SMILES string of the molecule is Clc1ccnc(-c2nnc(-c3ccccn3)o2)c1Cl.[Cu]. The van der Waals surface area contributed by atoms with E-state index in [1.165, 1.54) is 6.20 Å². The Hall–Kier alpha value is -1.46. The van der Waals surface area contributed by atoms with E-state index >= 15 is 0 Å². The van der Waals surface area contributed by atoms with Crippen LogP contribution in [0.1, 0.15) is 0 Å². The van der Waals surface area contributed by atoms with Crippen LogP contribution in [0.3, 0.4) is 0 Å². The molecule has 0 atom stereocenters. The van der Waals surface area contributed by atoms with E-state index < -0.39 is 0 Å². The minimum absolute atomic E-state index is 0. The van der Waals surface area contributed by atoms with Crippen LogP contribution in [0.25, 0.3) is 23.2 Å². The molecule has 0 saturated heterocycles. The second-order valence-corrected chi connectivity index (χ2v) is 4.37. The summed E-state index contributed by atoms with van der Waals surface area (Å²) < 4.78 is 5.50. The zero-order valence-corrected chi connectivity index (χ0v) is 12.2. The third-order valence-electron chi connectivity index (χ3n) is 2.35. The van der Waals surface area contributed by atoms with Crippen molar-refractivity contribution in [1.29, 1.82) is 0 Å². The van der Waals surface area contributed by atoms with Crippen LogP contribution in [0.5, 0.6) is 0 Å². The molecule has 3 rings (SSSR count). The van der Waals surface area contributed by atoms with Crippen molar-refractivity contribution in [1.82, 2.24) is 20.2 Å². The summed E-state index contributed by atoms with van der Waals surface area (Å²) in [6.07, 6.45) is 3.16. The van der Waals surface area contributed by atoms with E-state index in [1.54, 1.807) is 24.4 Å². The topological polar surface area (TPSA) is 64.7 Å². The number of hydrogen-bond acceptors (Lipinski definition) is 5. The van der Waals surface area contributed by atoms with E-state index in [-0.39, 0.29) is 28.0 Å². The molecule has 0 N–H and O–H groups in total. The Labute approximate surface area is 134 Å². The summed E-state index contributed by atoms with van der Waals surface area (Å²) in [5.41, 5.74) is 0.934. The first-order valence-electron chi connectivity index (χ1n) is 5.31. The van der Waals surface area contributed by atoms with Gasteiger partial charge < -0.3 is 4.42 Å². The fourth-order valence-corrected chi connectivity index (χ4v) is 1.82. The summed E-state index contributed by atoms with van der Waals surface area (Å²) >= 11 is 12.0. The van der Waals surface area contributed by atoms with Gasteiger partial charge in [0.05, 0.1) is 10.0 Å². The van der Waals surface area contributed by atoms with Crippen LogP contribution >= 0.6 is 23.2 Å². The molecule has 0 aliphatic rings. The normalized spacial score (nSPS) is 10.1. The number of aromatic nitrogens is 4. The van der Waals surface area contributed by atoms with Gasteiger partial charge in [-0.05, 0) is 18.2 Å². The average molecular weight is 357 g/mol. The van der Waals surface area contributed by atoms with Gasteiger partial charge in [0.15, 0.2) is 0 Å².